The highest BCUT2D eigenvalue weighted by atomic mass is 33.1. The number of carbonyl (C=O) groups excluding carboxylic acids is 1. The smallest absolute Gasteiger partial charge is 0.326 e. The molecule has 0 aromatic carbocycles. The molecule has 21 heavy (non-hydrogen) atoms. The summed E-state index contributed by atoms with van der Waals surface area (Å²) in [5.74, 6) is 0.127. The summed E-state index contributed by atoms with van der Waals surface area (Å²) in [5, 5.41) is 12.4. The van der Waals surface area contributed by atoms with Crippen LogP contribution in [0, 0.1) is 0 Å². The zero-order valence-corrected chi connectivity index (χ0v) is 14.0. The summed E-state index contributed by atoms with van der Waals surface area (Å²) in [7, 11) is 3.89. The van der Waals surface area contributed by atoms with Crippen LogP contribution in [0.2, 0.25) is 0 Å². The van der Waals surface area contributed by atoms with Crippen LogP contribution in [0.3, 0.4) is 0 Å². The lowest BCUT2D eigenvalue weighted by Gasteiger charge is -2.14. The van der Waals surface area contributed by atoms with E-state index < -0.39 is 12.0 Å². The summed E-state index contributed by atoms with van der Waals surface area (Å²) in [6.07, 6.45) is 6.69. The van der Waals surface area contributed by atoms with E-state index in [1.807, 2.05) is 21.6 Å². The first-order valence-electron chi connectivity index (χ1n) is 7.64. The second kappa shape index (κ2) is 11.2. The monoisotopic (exact) mass is 334 g/mol. The molecule has 1 amide bonds. The van der Waals surface area contributed by atoms with E-state index in [-0.39, 0.29) is 5.91 Å². The predicted molar refractivity (Wildman–Crippen MR) is 89.4 cm³/mol. The topological polar surface area (TPSA) is 92.4 Å². The molecule has 122 valence electrons. The summed E-state index contributed by atoms with van der Waals surface area (Å²) in [6, 6.07) is -0.772. The minimum absolute atomic E-state index is 0.149. The quantitative estimate of drug-likeness (QED) is 0.397. The van der Waals surface area contributed by atoms with Gasteiger partial charge in [0.05, 0.1) is 0 Å². The molecule has 5 nitrogen and oxygen atoms in total. The minimum atomic E-state index is -0.959. The number of carbonyl (C=O) groups is 2. The van der Waals surface area contributed by atoms with Crippen LogP contribution in [0.5, 0.6) is 0 Å². The summed E-state index contributed by atoms with van der Waals surface area (Å²) in [5.41, 5.74) is 5.39. The Labute approximate surface area is 134 Å². The number of nitrogens with one attached hydrogen (secondary N) is 1. The molecular weight excluding hydrogens is 308 g/mol. The Morgan fingerprint density at radius 2 is 2.10 bits per heavy atom. The molecule has 1 aliphatic heterocycles. The summed E-state index contributed by atoms with van der Waals surface area (Å²) < 4.78 is 0. The van der Waals surface area contributed by atoms with Crippen molar-refractivity contribution in [2.75, 3.05) is 12.3 Å². The maximum absolute atomic E-state index is 11.8. The lowest BCUT2D eigenvalue weighted by molar-refractivity contribution is -0.142. The number of hydrogen-bond acceptors (Lipinski definition) is 5. The highest BCUT2D eigenvalue weighted by molar-refractivity contribution is 8.77. The standard InChI is InChI=1S/C14H26N2O3S2/c15-9-4-3-6-12(14(18)19)16-13(17)7-2-1-5-11-8-10-20-21-11/h11-12H,1-10,15H2,(H,16,17)(H,18,19)/t11?,12-/m0/s1. The first kappa shape index (κ1) is 18.6. The lowest BCUT2D eigenvalue weighted by atomic mass is 10.1. The van der Waals surface area contributed by atoms with E-state index in [9.17, 15) is 9.59 Å². The van der Waals surface area contributed by atoms with E-state index in [1.165, 1.54) is 12.2 Å². The van der Waals surface area contributed by atoms with Crippen molar-refractivity contribution in [3.05, 3.63) is 0 Å². The summed E-state index contributed by atoms with van der Waals surface area (Å²) >= 11 is 0. The summed E-state index contributed by atoms with van der Waals surface area (Å²) in [6.45, 7) is 0.553. The van der Waals surface area contributed by atoms with Crippen LogP contribution in [-0.2, 0) is 9.59 Å². The molecule has 1 heterocycles. The number of aliphatic carboxylic acids is 1. The average molecular weight is 335 g/mol. The van der Waals surface area contributed by atoms with Crippen LogP contribution in [-0.4, -0.2) is 40.6 Å². The van der Waals surface area contributed by atoms with Gasteiger partial charge >= 0.3 is 5.97 Å². The van der Waals surface area contributed by atoms with Gasteiger partial charge in [-0.3, -0.25) is 4.79 Å². The van der Waals surface area contributed by atoms with Gasteiger partial charge in [0.25, 0.3) is 0 Å². The van der Waals surface area contributed by atoms with E-state index >= 15 is 0 Å². The van der Waals surface area contributed by atoms with Crippen LogP contribution >= 0.6 is 21.6 Å². The maximum atomic E-state index is 11.8. The molecule has 1 saturated heterocycles. The molecule has 4 N–H and O–H groups in total. The first-order valence-corrected chi connectivity index (χ1v) is 10.0. The molecule has 7 heteroatoms. The largest absolute Gasteiger partial charge is 0.480 e. The molecule has 0 aliphatic carbocycles. The van der Waals surface area contributed by atoms with Crippen molar-refractivity contribution in [2.24, 2.45) is 5.73 Å². The zero-order valence-electron chi connectivity index (χ0n) is 12.4. The SMILES string of the molecule is NCCCC[C@H](NC(=O)CCCCC1CCSS1)C(=O)O. The second-order valence-electron chi connectivity index (χ2n) is 5.32. The van der Waals surface area contributed by atoms with Gasteiger partial charge in [-0.15, -0.1) is 0 Å². The Morgan fingerprint density at radius 3 is 2.71 bits per heavy atom. The maximum Gasteiger partial charge on any atom is 0.326 e. The fraction of sp³-hybridized carbons (Fsp3) is 0.857. The van der Waals surface area contributed by atoms with Gasteiger partial charge in [0.15, 0.2) is 0 Å². The number of unbranched alkanes of at least 4 members (excludes halogenated alkanes) is 2. The van der Waals surface area contributed by atoms with E-state index in [2.05, 4.69) is 5.32 Å². The van der Waals surface area contributed by atoms with Crippen molar-refractivity contribution in [3.63, 3.8) is 0 Å². The molecule has 1 unspecified atom stereocenters. The third-order valence-corrected chi connectivity index (χ3v) is 6.49. The van der Waals surface area contributed by atoms with Crippen LogP contribution in [0.15, 0.2) is 0 Å². The highest BCUT2D eigenvalue weighted by Gasteiger charge is 2.19. The van der Waals surface area contributed by atoms with Gasteiger partial charge in [0.2, 0.25) is 5.91 Å². The normalized spacial score (nSPS) is 19.4. The van der Waals surface area contributed by atoms with Gasteiger partial charge in [-0.1, -0.05) is 28.0 Å². The molecule has 0 radical (unpaired) electrons. The fourth-order valence-corrected chi connectivity index (χ4v) is 5.27. The Kier molecular flexibility index (Phi) is 9.95. The molecule has 1 fully saturated rings. The minimum Gasteiger partial charge on any atom is -0.480 e. The molecule has 1 rings (SSSR count). The second-order valence-corrected chi connectivity index (χ2v) is 8.10. The van der Waals surface area contributed by atoms with Crippen molar-refractivity contribution in [2.45, 2.75) is 62.7 Å². The third kappa shape index (κ3) is 8.58. The average Bonchev–Trinajstić information content (AvgIpc) is 2.96. The van der Waals surface area contributed by atoms with Crippen LogP contribution in [0.4, 0.5) is 0 Å². The van der Waals surface area contributed by atoms with Gasteiger partial charge in [-0.25, -0.2) is 4.79 Å². The Bertz CT molecular complexity index is 323. The van der Waals surface area contributed by atoms with Gasteiger partial charge in [0.1, 0.15) is 6.04 Å². The molecule has 0 bridgehead atoms. The molecule has 0 aromatic rings. The van der Waals surface area contributed by atoms with Crippen molar-refractivity contribution in [1.29, 1.82) is 0 Å². The van der Waals surface area contributed by atoms with Crippen LogP contribution in [0.25, 0.3) is 0 Å². The number of carboxylic acid groups (broad SMARTS) is 1. The van der Waals surface area contributed by atoms with Gasteiger partial charge in [-0.05, 0) is 45.1 Å². The molecule has 2 atom stereocenters. The molecule has 1 aliphatic rings. The molecular formula is C14H26N2O3S2. The van der Waals surface area contributed by atoms with Crippen LogP contribution in [0.1, 0.15) is 51.4 Å². The fourth-order valence-electron chi connectivity index (χ4n) is 2.24. The van der Waals surface area contributed by atoms with Crippen molar-refractivity contribution >= 4 is 33.5 Å². The first-order chi connectivity index (χ1) is 10.1. The predicted octanol–water partition coefficient (Wildman–Crippen LogP) is 2.40. The highest BCUT2D eigenvalue weighted by Crippen LogP contribution is 2.39. The van der Waals surface area contributed by atoms with E-state index in [0.717, 1.165) is 37.4 Å². The lowest BCUT2D eigenvalue weighted by Crippen LogP contribution is -2.40. The zero-order chi connectivity index (χ0) is 15.5. The molecule has 0 aromatic heterocycles. The number of hydrogen-bond donors (Lipinski definition) is 3. The number of rotatable bonds is 11. The van der Waals surface area contributed by atoms with Crippen molar-refractivity contribution in [3.8, 4) is 0 Å². The van der Waals surface area contributed by atoms with E-state index in [0.29, 0.717) is 19.4 Å². The summed E-state index contributed by atoms with van der Waals surface area (Å²) in [4.78, 5) is 22.9. The number of amides is 1. The molecule has 0 saturated carbocycles. The third-order valence-electron chi connectivity index (χ3n) is 3.49. The number of nitrogens with two attached hydrogens (primary N) is 1. The Balaban J connectivity index is 2.12. The van der Waals surface area contributed by atoms with Crippen molar-refractivity contribution in [1.82, 2.24) is 5.32 Å². The van der Waals surface area contributed by atoms with Gasteiger partial charge in [-0.2, -0.15) is 0 Å². The van der Waals surface area contributed by atoms with Crippen molar-refractivity contribution < 1.29 is 14.7 Å². The Morgan fingerprint density at radius 1 is 1.29 bits per heavy atom. The van der Waals surface area contributed by atoms with Crippen LogP contribution < -0.4 is 11.1 Å². The molecule has 0 spiro atoms. The van der Waals surface area contributed by atoms with Gasteiger partial charge in [0, 0.05) is 17.4 Å². The van der Waals surface area contributed by atoms with E-state index in [4.69, 9.17) is 10.8 Å². The van der Waals surface area contributed by atoms with Gasteiger partial charge < -0.3 is 16.2 Å². The number of carboxylic acids is 1. The Hall–Kier alpha value is -0.400. The van der Waals surface area contributed by atoms with E-state index in [1.54, 1.807) is 0 Å².